The van der Waals surface area contributed by atoms with Crippen molar-refractivity contribution in [3.63, 3.8) is 0 Å². The highest BCUT2D eigenvalue weighted by Crippen LogP contribution is 2.35. The summed E-state index contributed by atoms with van der Waals surface area (Å²) in [5.41, 5.74) is -2.31. The summed E-state index contributed by atoms with van der Waals surface area (Å²) < 4.78 is 10.2. The molecular weight excluding hydrogens is 304 g/mol. The van der Waals surface area contributed by atoms with Crippen LogP contribution in [0.15, 0.2) is 0 Å². The van der Waals surface area contributed by atoms with Crippen LogP contribution in [0.2, 0.25) is 0 Å². The van der Waals surface area contributed by atoms with Crippen molar-refractivity contribution < 1.29 is 50.3 Å². The molecule has 2 fully saturated rings. The quantitative estimate of drug-likeness (QED) is 0.249. The van der Waals surface area contributed by atoms with Gasteiger partial charge in [-0.25, -0.2) is 0 Å². The summed E-state index contributed by atoms with van der Waals surface area (Å²) in [6.45, 7) is -1.89. The SMILES string of the molecule is OC[C@H]1OC[C@](O)([C@@H]2O[C@H](CO)[C@@H](O)[C@H](O)[C@H]2O)[C@@H](O)[C@@H]1O. The minimum atomic E-state index is -2.31. The molecule has 2 heterocycles. The average Bonchev–Trinajstić information content (AvgIpc) is 2.51. The van der Waals surface area contributed by atoms with E-state index in [4.69, 9.17) is 19.7 Å². The van der Waals surface area contributed by atoms with Gasteiger partial charge in [0, 0.05) is 0 Å². The van der Waals surface area contributed by atoms with E-state index in [2.05, 4.69) is 0 Å². The van der Waals surface area contributed by atoms with Gasteiger partial charge in [0.05, 0.1) is 19.8 Å². The summed E-state index contributed by atoms with van der Waals surface area (Å²) >= 11 is 0. The molecule has 0 aliphatic carbocycles. The van der Waals surface area contributed by atoms with Gasteiger partial charge in [-0.2, -0.15) is 0 Å². The first-order valence-corrected chi connectivity index (χ1v) is 6.89. The van der Waals surface area contributed by atoms with E-state index in [1.165, 1.54) is 0 Å². The second-order valence-electron chi connectivity index (χ2n) is 5.71. The molecule has 9 atom stereocenters. The van der Waals surface area contributed by atoms with Gasteiger partial charge in [0.1, 0.15) is 54.4 Å². The lowest BCUT2D eigenvalue weighted by Gasteiger charge is -2.51. The maximum absolute atomic E-state index is 10.6. The molecule has 2 aliphatic heterocycles. The van der Waals surface area contributed by atoms with E-state index >= 15 is 0 Å². The molecule has 0 amide bonds. The molecule has 8 N–H and O–H groups in total. The molecule has 10 heteroatoms. The van der Waals surface area contributed by atoms with Crippen molar-refractivity contribution in [2.45, 2.75) is 54.4 Å². The second kappa shape index (κ2) is 6.61. The summed E-state index contributed by atoms with van der Waals surface area (Å²) in [5.74, 6) is 0. The van der Waals surface area contributed by atoms with E-state index < -0.39 is 74.3 Å². The maximum Gasteiger partial charge on any atom is 0.145 e. The van der Waals surface area contributed by atoms with Crippen LogP contribution in [0.1, 0.15) is 0 Å². The number of hydrogen-bond acceptors (Lipinski definition) is 10. The molecule has 0 bridgehead atoms. The lowest BCUT2D eigenvalue weighted by Crippen LogP contribution is -2.73. The third-order valence-corrected chi connectivity index (χ3v) is 4.31. The molecule has 0 aromatic carbocycles. The maximum atomic E-state index is 10.6. The van der Waals surface area contributed by atoms with Crippen molar-refractivity contribution >= 4 is 0 Å². The largest absolute Gasteiger partial charge is 0.394 e. The molecule has 2 rings (SSSR count). The van der Waals surface area contributed by atoms with Gasteiger partial charge >= 0.3 is 0 Å². The highest BCUT2D eigenvalue weighted by atomic mass is 16.6. The molecule has 0 saturated carbocycles. The molecule has 0 aromatic rings. The van der Waals surface area contributed by atoms with Crippen molar-refractivity contribution in [3.05, 3.63) is 0 Å². The number of aliphatic hydroxyl groups excluding tert-OH is 7. The number of aliphatic hydroxyl groups is 8. The Morgan fingerprint density at radius 3 is 1.95 bits per heavy atom. The summed E-state index contributed by atoms with van der Waals surface area (Å²) in [6.07, 6.45) is -12.7. The zero-order valence-corrected chi connectivity index (χ0v) is 11.6. The van der Waals surface area contributed by atoms with Crippen LogP contribution in [-0.4, -0.2) is 115 Å². The fraction of sp³-hybridized carbons (Fsp3) is 1.00. The molecule has 2 aliphatic rings. The van der Waals surface area contributed by atoms with Gasteiger partial charge in [0.25, 0.3) is 0 Å². The van der Waals surface area contributed by atoms with Gasteiger partial charge in [0.15, 0.2) is 0 Å². The van der Waals surface area contributed by atoms with Crippen LogP contribution in [0, 0.1) is 0 Å². The zero-order chi connectivity index (χ0) is 16.7. The lowest BCUT2D eigenvalue weighted by molar-refractivity contribution is -0.323. The Hall–Kier alpha value is -0.400. The fourth-order valence-corrected chi connectivity index (χ4v) is 2.85. The number of ether oxygens (including phenoxy) is 2. The Balaban J connectivity index is 2.24. The van der Waals surface area contributed by atoms with Gasteiger partial charge < -0.3 is 50.3 Å². The van der Waals surface area contributed by atoms with Gasteiger partial charge in [0.2, 0.25) is 0 Å². The van der Waals surface area contributed by atoms with E-state index in [1.54, 1.807) is 0 Å². The van der Waals surface area contributed by atoms with Gasteiger partial charge in [-0.1, -0.05) is 0 Å². The number of rotatable bonds is 3. The van der Waals surface area contributed by atoms with Crippen LogP contribution in [0.5, 0.6) is 0 Å². The Kier molecular flexibility index (Phi) is 5.39. The normalized spacial score (nSPS) is 53.5. The lowest BCUT2D eigenvalue weighted by atomic mass is 9.78. The van der Waals surface area contributed by atoms with Crippen LogP contribution in [0.3, 0.4) is 0 Å². The monoisotopic (exact) mass is 326 g/mol. The fourth-order valence-electron chi connectivity index (χ4n) is 2.85. The van der Waals surface area contributed by atoms with E-state index in [0.717, 1.165) is 0 Å². The van der Waals surface area contributed by atoms with Crippen molar-refractivity contribution in [3.8, 4) is 0 Å². The molecule has 0 spiro atoms. The zero-order valence-electron chi connectivity index (χ0n) is 11.6. The van der Waals surface area contributed by atoms with Crippen LogP contribution in [-0.2, 0) is 9.47 Å². The third-order valence-electron chi connectivity index (χ3n) is 4.31. The van der Waals surface area contributed by atoms with Gasteiger partial charge in [-0.15, -0.1) is 0 Å². The molecule has 10 nitrogen and oxygen atoms in total. The smallest absolute Gasteiger partial charge is 0.145 e. The van der Waals surface area contributed by atoms with E-state index in [-0.39, 0.29) is 0 Å². The summed E-state index contributed by atoms with van der Waals surface area (Å²) in [7, 11) is 0. The summed E-state index contributed by atoms with van der Waals surface area (Å²) in [6, 6.07) is 0. The third kappa shape index (κ3) is 2.76. The Labute approximate surface area is 125 Å². The molecule has 130 valence electrons. The molecule has 2 saturated heterocycles. The average molecular weight is 326 g/mol. The second-order valence-corrected chi connectivity index (χ2v) is 5.71. The van der Waals surface area contributed by atoms with Crippen molar-refractivity contribution in [1.29, 1.82) is 0 Å². The predicted octanol–water partition coefficient (Wildman–Crippen LogP) is -5.33. The first kappa shape index (κ1) is 17.9. The Morgan fingerprint density at radius 2 is 1.41 bits per heavy atom. The van der Waals surface area contributed by atoms with E-state index in [0.29, 0.717) is 0 Å². The first-order valence-electron chi connectivity index (χ1n) is 6.89. The topological polar surface area (TPSA) is 180 Å². The van der Waals surface area contributed by atoms with Crippen LogP contribution >= 0.6 is 0 Å². The van der Waals surface area contributed by atoms with Crippen LogP contribution in [0.4, 0.5) is 0 Å². The van der Waals surface area contributed by atoms with Crippen LogP contribution in [0.25, 0.3) is 0 Å². The predicted molar refractivity (Wildman–Crippen MR) is 67.6 cm³/mol. The first-order chi connectivity index (χ1) is 10.3. The van der Waals surface area contributed by atoms with Crippen molar-refractivity contribution in [1.82, 2.24) is 0 Å². The van der Waals surface area contributed by atoms with E-state index in [1.807, 2.05) is 0 Å². The summed E-state index contributed by atoms with van der Waals surface area (Å²) in [4.78, 5) is 0. The Bertz CT molecular complexity index is 379. The highest BCUT2D eigenvalue weighted by molar-refractivity contribution is 5.08. The molecular formula is C12H22O10. The minimum Gasteiger partial charge on any atom is -0.394 e. The minimum absolute atomic E-state index is 0.594. The summed E-state index contributed by atoms with van der Waals surface area (Å²) in [5, 5.41) is 78.1. The van der Waals surface area contributed by atoms with Gasteiger partial charge in [-0.05, 0) is 0 Å². The number of hydrogen-bond donors (Lipinski definition) is 8. The van der Waals surface area contributed by atoms with Crippen molar-refractivity contribution in [2.24, 2.45) is 0 Å². The standard InChI is InChI=1S/C12H22O10/c13-1-4-7(16)10(19)12(20,3-21-4)11-9(18)8(17)6(15)5(2-14)22-11/h4-11,13-20H,1-3H2/t4-,5-,6-,7-,8+,9-,10+,11-,12-/m1/s1. The Morgan fingerprint density at radius 1 is 0.818 bits per heavy atom. The molecule has 22 heavy (non-hydrogen) atoms. The molecule has 0 radical (unpaired) electrons. The molecule has 0 unspecified atom stereocenters. The van der Waals surface area contributed by atoms with Crippen LogP contribution < -0.4 is 0 Å². The molecule has 0 aromatic heterocycles. The van der Waals surface area contributed by atoms with Crippen molar-refractivity contribution in [2.75, 3.05) is 19.8 Å². The van der Waals surface area contributed by atoms with Gasteiger partial charge in [-0.3, -0.25) is 0 Å². The van der Waals surface area contributed by atoms with E-state index in [9.17, 15) is 30.6 Å². The highest BCUT2D eigenvalue weighted by Gasteiger charge is 2.59.